The van der Waals surface area contributed by atoms with Crippen molar-refractivity contribution in [3.05, 3.63) is 0 Å². The van der Waals surface area contributed by atoms with Crippen LogP contribution in [0, 0.1) is 0 Å². The number of hydrogen-bond donors (Lipinski definition) is 0. The van der Waals surface area contributed by atoms with Crippen molar-refractivity contribution in [2.24, 2.45) is 0 Å². The molecule has 0 heterocycles. The van der Waals surface area contributed by atoms with Gasteiger partial charge in [0, 0.05) is 21.7 Å². The van der Waals surface area contributed by atoms with Crippen molar-refractivity contribution in [1.29, 1.82) is 0 Å². The van der Waals surface area contributed by atoms with Crippen LogP contribution in [-0.4, -0.2) is 27.4 Å². The molecular formula is H10O5Ti. The summed E-state index contributed by atoms with van der Waals surface area (Å²) in [5, 5.41) is 0. The largest absolute Gasteiger partial charge is 0.412 e. The third-order valence-electron chi connectivity index (χ3n) is 0. The van der Waals surface area contributed by atoms with Gasteiger partial charge in [0.2, 0.25) is 0 Å². The van der Waals surface area contributed by atoms with Gasteiger partial charge in [-0.3, -0.25) is 0 Å². The van der Waals surface area contributed by atoms with Crippen LogP contribution in [0.4, 0.5) is 0 Å². The normalized spacial score (nSPS) is 0. The summed E-state index contributed by atoms with van der Waals surface area (Å²) in [4.78, 5) is 0. The molecule has 0 aliphatic heterocycles. The summed E-state index contributed by atoms with van der Waals surface area (Å²) >= 11 is 0. The van der Waals surface area contributed by atoms with E-state index in [2.05, 4.69) is 0 Å². The van der Waals surface area contributed by atoms with Crippen LogP contribution in [0.2, 0.25) is 0 Å². The average Bonchev–Trinajstić information content (AvgIpc) is 0. The maximum absolute atomic E-state index is 0. The van der Waals surface area contributed by atoms with Crippen molar-refractivity contribution in [1.82, 2.24) is 0 Å². The van der Waals surface area contributed by atoms with Gasteiger partial charge in [0.05, 0.1) is 0 Å². The topological polar surface area (TPSA) is 158 Å². The van der Waals surface area contributed by atoms with E-state index in [1.54, 1.807) is 0 Å². The fourth-order valence-electron chi connectivity index (χ4n) is 0. The van der Waals surface area contributed by atoms with Gasteiger partial charge in [0.1, 0.15) is 0 Å². The minimum atomic E-state index is 0. The van der Waals surface area contributed by atoms with E-state index in [1.807, 2.05) is 0 Å². The van der Waals surface area contributed by atoms with Gasteiger partial charge in [-0.1, -0.05) is 0 Å². The Hall–Kier alpha value is 0.514. The molecule has 0 unspecified atom stereocenters. The van der Waals surface area contributed by atoms with E-state index in [0.717, 1.165) is 0 Å². The molecule has 0 aromatic carbocycles. The molecule has 6 heavy (non-hydrogen) atoms. The Labute approximate surface area is 49.8 Å². The number of rotatable bonds is 0. The predicted molar refractivity (Wildman–Crippen MR) is 18.1 cm³/mol. The van der Waals surface area contributed by atoms with E-state index in [4.69, 9.17) is 0 Å². The van der Waals surface area contributed by atoms with Crippen LogP contribution in [0.1, 0.15) is 0 Å². The second-order valence-corrected chi connectivity index (χ2v) is 0. The first-order valence-electron chi connectivity index (χ1n) is 0. The molecular weight excluding hydrogens is 128 g/mol. The van der Waals surface area contributed by atoms with E-state index in [0.29, 0.717) is 0 Å². The van der Waals surface area contributed by atoms with Crippen molar-refractivity contribution in [2.45, 2.75) is 0 Å². The second-order valence-electron chi connectivity index (χ2n) is 0. The van der Waals surface area contributed by atoms with Crippen LogP contribution in [0.5, 0.6) is 0 Å². The number of hydrogen-bond acceptors (Lipinski definition) is 0. The zero-order valence-corrected chi connectivity index (χ0v) is 4.56. The molecule has 0 radical (unpaired) electrons. The molecule has 0 fully saturated rings. The molecule has 0 bridgehead atoms. The second kappa shape index (κ2) is 425. The van der Waals surface area contributed by atoms with Crippen LogP contribution in [-0.2, 0) is 21.7 Å². The molecule has 0 amide bonds. The minimum absolute atomic E-state index is 0. The summed E-state index contributed by atoms with van der Waals surface area (Å²) in [5.41, 5.74) is 0. The maximum atomic E-state index is 0. The summed E-state index contributed by atoms with van der Waals surface area (Å²) in [6.07, 6.45) is 0. The molecule has 0 aliphatic rings. The zero-order valence-electron chi connectivity index (χ0n) is 3.00. The van der Waals surface area contributed by atoms with Crippen LogP contribution in [0.15, 0.2) is 0 Å². The average molecular weight is 138 g/mol. The molecule has 5 nitrogen and oxygen atoms in total. The van der Waals surface area contributed by atoms with Crippen LogP contribution in [0.25, 0.3) is 0 Å². The Morgan fingerprint density at radius 1 is 0.333 bits per heavy atom. The summed E-state index contributed by atoms with van der Waals surface area (Å²) in [5.74, 6) is 0. The van der Waals surface area contributed by atoms with E-state index in [1.165, 1.54) is 0 Å². The summed E-state index contributed by atoms with van der Waals surface area (Å²) < 4.78 is 0. The Kier molecular flexibility index (Phi) is 53000. The zero-order chi connectivity index (χ0) is 0. The molecule has 0 saturated carbocycles. The minimum Gasteiger partial charge on any atom is -0.412 e. The molecule has 0 rings (SSSR count). The molecule has 0 saturated heterocycles. The molecule has 0 spiro atoms. The van der Waals surface area contributed by atoms with E-state index < -0.39 is 0 Å². The van der Waals surface area contributed by atoms with E-state index in [-0.39, 0.29) is 49.1 Å². The Morgan fingerprint density at radius 2 is 0.333 bits per heavy atom. The van der Waals surface area contributed by atoms with E-state index >= 15 is 0 Å². The first kappa shape index (κ1) is 749. The maximum Gasteiger partial charge on any atom is 0 e. The van der Waals surface area contributed by atoms with Crippen LogP contribution in [0.3, 0.4) is 0 Å². The monoisotopic (exact) mass is 138 g/mol. The van der Waals surface area contributed by atoms with Crippen molar-refractivity contribution in [3.63, 3.8) is 0 Å². The van der Waals surface area contributed by atoms with Gasteiger partial charge in [0.15, 0.2) is 0 Å². The van der Waals surface area contributed by atoms with Gasteiger partial charge < -0.3 is 27.4 Å². The van der Waals surface area contributed by atoms with Crippen LogP contribution >= 0.6 is 0 Å². The summed E-state index contributed by atoms with van der Waals surface area (Å²) in [7, 11) is 0. The van der Waals surface area contributed by atoms with Crippen molar-refractivity contribution in [2.75, 3.05) is 0 Å². The SMILES string of the molecule is O.O.O.O.O.[Ti]. The predicted octanol–water partition coefficient (Wildman–Crippen LogP) is -4.13. The smallest absolute Gasteiger partial charge is 0 e. The fourth-order valence-corrected chi connectivity index (χ4v) is 0. The molecule has 0 aromatic heterocycles. The quantitative estimate of drug-likeness (QED) is 0.298. The Balaban J connectivity index is 0. The van der Waals surface area contributed by atoms with Crippen molar-refractivity contribution in [3.8, 4) is 0 Å². The van der Waals surface area contributed by atoms with E-state index in [9.17, 15) is 0 Å². The van der Waals surface area contributed by atoms with Gasteiger partial charge >= 0.3 is 0 Å². The molecule has 10 N–H and O–H groups in total. The molecule has 0 aromatic rings. The molecule has 44 valence electrons. The van der Waals surface area contributed by atoms with Gasteiger partial charge in [-0.2, -0.15) is 0 Å². The third kappa shape index (κ3) is 211. The van der Waals surface area contributed by atoms with Crippen molar-refractivity contribution < 1.29 is 49.1 Å². The van der Waals surface area contributed by atoms with Gasteiger partial charge in [-0.15, -0.1) is 0 Å². The Morgan fingerprint density at radius 3 is 0.333 bits per heavy atom. The molecule has 0 atom stereocenters. The van der Waals surface area contributed by atoms with Gasteiger partial charge in [0.25, 0.3) is 0 Å². The fraction of sp³-hybridized carbons (Fsp3) is 0. The summed E-state index contributed by atoms with van der Waals surface area (Å²) in [6, 6.07) is 0. The Bertz CT molecular complexity index is 3.90. The van der Waals surface area contributed by atoms with Gasteiger partial charge in [-0.05, 0) is 0 Å². The first-order chi connectivity index (χ1) is 0. The van der Waals surface area contributed by atoms with Crippen molar-refractivity contribution >= 4 is 0 Å². The summed E-state index contributed by atoms with van der Waals surface area (Å²) in [6.45, 7) is 0. The molecule has 6 heteroatoms. The standard InChI is InChI=1S/5H2O.Ti/h5*1H2;. The third-order valence-corrected chi connectivity index (χ3v) is 0. The first-order valence-corrected chi connectivity index (χ1v) is 0. The van der Waals surface area contributed by atoms with Crippen LogP contribution < -0.4 is 0 Å². The molecule has 0 aliphatic carbocycles. The van der Waals surface area contributed by atoms with Gasteiger partial charge in [-0.25, -0.2) is 0 Å².